The van der Waals surface area contributed by atoms with Gasteiger partial charge < -0.3 is 10.2 Å². The lowest BCUT2D eigenvalue weighted by Gasteiger charge is -2.22. The third-order valence-electron chi connectivity index (χ3n) is 3.59. The van der Waals surface area contributed by atoms with Crippen LogP contribution in [0.2, 0.25) is 5.02 Å². The Morgan fingerprint density at radius 3 is 2.55 bits per heavy atom. The van der Waals surface area contributed by atoms with Gasteiger partial charge in [0.1, 0.15) is 0 Å². The lowest BCUT2D eigenvalue weighted by molar-refractivity contribution is 0.784. The molecule has 0 amide bonds. The second-order valence-corrected chi connectivity index (χ2v) is 5.83. The Kier molecular flexibility index (Phi) is 4.51. The lowest BCUT2D eigenvalue weighted by Crippen LogP contribution is -2.18. The van der Waals surface area contributed by atoms with E-state index in [9.17, 15) is 0 Å². The van der Waals surface area contributed by atoms with Gasteiger partial charge >= 0.3 is 0 Å². The van der Waals surface area contributed by atoms with Crippen LogP contribution in [0.5, 0.6) is 0 Å². The van der Waals surface area contributed by atoms with Gasteiger partial charge in [-0.05, 0) is 57.1 Å². The van der Waals surface area contributed by atoms with Crippen molar-refractivity contribution < 1.29 is 0 Å². The zero-order valence-corrected chi connectivity index (χ0v) is 13.6. The van der Waals surface area contributed by atoms with Gasteiger partial charge in [-0.15, -0.1) is 0 Å². The highest BCUT2D eigenvalue weighted by Gasteiger charge is 2.15. The summed E-state index contributed by atoms with van der Waals surface area (Å²) in [5, 5.41) is 5.11. The van der Waals surface area contributed by atoms with E-state index in [0.717, 1.165) is 40.1 Å². The van der Waals surface area contributed by atoms with Gasteiger partial charge in [0.15, 0.2) is 0 Å². The van der Waals surface area contributed by atoms with Crippen molar-refractivity contribution in [3.63, 3.8) is 0 Å². The second kappa shape index (κ2) is 5.98. The number of aromatic nitrogens is 1. The van der Waals surface area contributed by atoms with E-state index in [1.54, 1.807) is 0 Å². The van der Waals surface area contributed by atoms with Gasteiger partial charge in [-0.25, -0.2) is 0 Å². The van der Waals surface area contributed by atoms with Gasteiger partial charge in [0, 0.05) is 30.2 Å². The Balaban J connectivity index is 2.79. The number of likely N-dealkylation sites (N-methyl/N-ethyl adjacent to an activating group) is 1. The molecule has 1 heterocycles. The molecule has 0 aliphatic heterocycles. The van der Waals surface area contributed by atoms with Crippen LogP contribution in [-0.2, 0) is 6.42 Å². The molecule has 1 N–H and O–H groups in total. The molecule has 0 spiro atoms. The maximum atomic E-state index is 6.24. The van der Waals surface area contributed by atoms with Gasteiger partial charge in [0.05, 0.1) is 11.2 Å². The van der Waals surface area contributed by atoms with Crippen LogP contribution in [0, 0.1) is 13.8 Å². The number of pyridine rings is 1. The van der Waals surface area contributed by atoms with Crippen molar-refractivity contribution in [1.29, 1.82) is 0 Å². The van der Waals surface area contributed by atoms with Crippen molar-refractivity contribution in [2.75, 3.05) is 32.6 Å². The average molecular weight is 292 g/mol. The van der Waals surface area contributed by atoms with E-state index in [-0.39, 0.29) is 0 Å². The standard InChI is InChI=1S/C16H22ClN3/c1-10-8-12(17)9-14-15(10)19-11(2)13(6-7-18-3)16(14)20(4)5/h8-9,18H,6-7H2,1-5H3. The second-order valence-electron chi connectivity index (χ2n) is 5.39. The van der Waals surface area contributed by atoms with Gasteiger partial charge in [0.2, 0.25) is 0 Å². The molecule has 0 aliphatic carbocycles. The average Bonchev–Trinajstić information content (AvgIpc) is 2.36. The summed E-state index contributed by atoms with van der Waals surface area (Å²) in [7, 11) is 6.13. The minimum atomic E-state index is 0.767. The highest BCUT2D eigenvalue weighted by molar-refractivity contribution is 6.31. The van der Waals surface area contributed by atoms with Gasteiger partial charge in [-0.1, -0.05) is 11.6 Å². The van der Waals surface area contributed by atoms with E-state index >= 15 is 0 Å². The summed E-state index contributed by atoms with van der Waals surface area (Å²) in [6.07, 6.45) is 0.963. The highest BCUT2D eigenvalue weighted by atomic mass is 35.5. The molecule has 108 valence electrons. The Hall–Kier alpha value is -1.32. The molecular formula is C16H22ClN3. The maximum Gasteiger partial charge on any atom is 0.0756 e. The SMILES string of the molecule is CNCCc1c(C)nc2c(C)cc(Cl)cc2c1N(C)C. The Labute approximate surface area is 126 Å². The molecule has 0 aliphatic rings. The normalized spacial score (nSPS) is 11.1. The largest absolute Gasteiger partial charge is 0.377 e. The number of nitrogens with one attached hydrogen (secondary N) is 1. The van der Waals surface area contributed by atoms with Crippen LogP contribution in [-0.4, -0.2) is 32.7 Å². The fourth-order valence-electron chi connectivity index (χ4n) is 2.69. The van der Waals surface area contributed by atoms with Gasteiger partial charge in [0.25, 0.3) is 0 Å². The monoisotopic (exact) mass is 291 g/mol. The van der Waals surface area contributed by atoms with Crippen LogP contribution in [0.1, 0.15) is 16.8 Å². The molecule has 2 aromatic rings. The number of rotatable bonds is 4. The third-order valence-corrected chi connectivity index (χ3v) is 3.81. The third kappa shape index (κ3) is 2.74. The number of benzene rings is 1. The van der Waals surface area contributed by atoms with Crippen LogP contribution >= 0.6 is 11.6 Å². The van der Waals surface area contributed by atoms with Crippen molar-refractivity contribution in [2.24, 2.45) is 0 Å². The molecule has 0 atom stereocenters. The number of fused-ring (bicyclic) bond motifs is 1. The maximum absolute atomic E-state index is 6.24. The molecular weight excluding hydrogens is 270 g/mol. The quantitative estimate of drug-likeness (QED) is 0.936. The zero-order valence-electron chi connectivity index (χ0n) is 12.8. The van der Waals surface area contributed by atoms with Crippen LogP contribution in [0.25, 0.3) is 10.9 Å². The molecule has 4 heteroatoms. The molecule has 0 bridgehead atoms. The van der Waals surface area contributed by atoms with Gasteiger partial charge in [-0.2, -0.15) is 0 Å². The van der Waals surface area contributed by atoms with Crippen molar-refractivity contribution in [3.05, 3.63) is 34.0 Å². The predicted octanol–water partition coefficient (Wildman–Crippen LogP) is 3.33. The molecule has 3 nitrogen and oxygen atoms in total. The number of halogens is 1. The van der Waals surface area contributed by atoms with E-state index in [0.29, 0.717) is 0 Å². The first-order valence-corrected chi connectivity index (χ1v) is 7.24. The molecule has 20 heavy (non-hydrogen) atoms. The number of hydrogen-bond donors (Lipinski definition) is 1. The molecule has 1 aromatic carbocycles. The molecule has 0 saturated carbocycles. The highest BCUT2D eigenvalue weighted by Crippen LogP contribution is 2.34. The summed E-state index contributed by atoms with van der Waals surface area (Å²) in [5.41, 5.74) is 5.79. The first kappa shape index (κ1) is 15.1. The van der Waals surface area contributed by atoms with Crippen LogP contribution in [0.4, 0.5) is 5.69 Å². The van der Waals surface area contributed by atoms with Crippen molar-refractivity contribution in [3.8, 4) is 0 Å². The fraction of sp³-hybridized carbons (Fsp3) is 0.438. The minimum Gasteiger partial charge on any atom is -0.377 e. The van der Waals surface area contributed by atoms with Crippen LogP contribution < -0.4 is 10.2 Å². The lowest BCUT2D eigenvalue weighted by atomic mass is 10.0. The summed E-state index contributed by atoms with van der Waals surface area (Å²) >= 11 is 6.24. The van der Waals surface area contributed by atoms with E-state index < -0.39 is 0 Å². The number of hydrogen-bond acceptors (Lipinski definition) is 3. The molecule has 1 aromatic heterocycles. The number of anilines is 1. The van der Waals surface area contributed by atoms with E-state index in [1.807, 2.05) is 19.2 Å². The van der Waals surface area contributed by atoms with Gasteiger partial charge in [-0.3, -0.25) is 4.98 Å². The zero-order chi connectivity index (χ0) is 14.9. The molecule has 2 rings (SSSR count). The summed E-state index contributed by atoms with van der Waals surface area (Å²) in [6.45, 7) is 5.09. The Morgan fingerprint density at radius 1 is 1.25 bits per heavy atom. The number of nitrogens with zero attached hydrogens (tertiary/aromatic N) is 2. The summed E-state index contributed by atoms with van der Waals surface area (Å²) < 4.78 is 0. The van der Waals surface area contributed by atoms with Crippen LogP contribution in [0.3, 0.4) is 0 Å². The summed E-state index contributed by atoms with van der Waals surface area (Å²) in [5.74, 6) is 0. The Morgan fingerprint density at radius 2 is 1.95 bits per heavy atom. The first-order chi connectivity index (χ1) is 9.45. The van der Waals surface area contributed by atoms with Crippen molar-refractivity contribution >= 4 is 28.2 Å². The van der Waals surface area contributed by atoms with E-state index in [2.05, 4.69) is 38.2 Å². The van der Waals surface area contributed by atoms with E-state index in [1.165, 1.54) is 11.3 Å². The fourth-order valence-corrected chi connectivity index (χ4v) is 2.97. The van der Waals surface area contributed by atoms with E-state index in [4.69, 9.17) is 16.6 Å². The molecule has 0 radical (unpaired) electrons. The van der Waals surface area contributed by atoms with Crippen LogP contribution in [0.15, 0.2) is 12.1 Å². The minimum absolute atomic E-state index is 0.767. The van der Waals surface area contributed by atoms with Crippen molar-refractivity contribution in [1.82, 2.24) is 10.3 Å². The predicted molar refractivity (Wildman–Crippen MR) is 88.2 cm³/mol. The molecule has 0 saturated heterocycles. The Bertz CT molecular complexity index is 635. The summed E-state index contributed by atoms with van der Waals surface area (Å²) in [4.78, 5) is 6.96. The smallest absolute Gasteiger partial charge is 0.0756 e. The molecule has 0 fully saturated rings. The summed E-state index contributed by atoms with van der Waals surface area (Å²) in [6, 6.07) is 4.00. The van der Waals surface area contributed by atoms with Crippen molar-refractivity contribution in [2.45, 2.75) is 20.3 Å². The topological polar surface area (TPSA) is 28.2 Å². The number of aryl methyl sites for hydroxylation is 2. The first-order valence-electron chi connectivity index (χ1n) is 6.87. The molecule has 0 unspecified atom stereocenters.